The maximum absolute atomic E-state index is 13.5. The smallest absolute Gasteiger partial charge is 0.253 e. The van der Waals surface area contributed by atoms with Gasteiger partial charge in [-0.05, 0) is 77.0 Å². The third-order valence-corrected chi connectivity index (χ3v) is 8.16. The molecule has 2 fully saturated rings. The molecule has 1 saturated heterocycles. The van der Waals surface area contributed by atoms with Crippen molar-refractivity contribution < 1.29 is 0 Å². The van der Waals surface area contributed by atoms with Gasteiger partial charge in [0.25, 0.3) is 5.56 Å². The second-order valence-corrected chi connectivity index (χ2v) is 10.6. The molecule has 0 unspecified atom stereocenters. The van der Waals surface area contributed by atoms with Crippen molar-refractivity contribution in [3.05, 3.63) is 80.9 Å². The number of fused-ring (bicyclic) bond motifs is 1. The number of rotatable bonds is 6. The summed E-state index contributed by atoms with van der Waals surface area (Å²) in [5.74, 6) is 0.764. The standard InChI is InChI=1S/C28H32ClN7O/c1-2-19-10-11-25-20(16-19)17-24(28(37)30-25)26(27-31-32-33-36(27)22-7-3-4-8-22)35-14-12-34(13-15-35)23-9-5-6-21(29)18-23/h5-6,9-11,16-18,22,26H,2-4,7-8,12-15H2,1H3,(H,30,37)/t26-/m0/s1. The maximum atomic E-state index is 13.5. The molecule has 1 aliphatic carbocycles. The zero-order valence-corrected chi connectivity index (χ0v) is 21.9. The lowest BCUT2D eigenvalue weighted by molar-refractivity contribution is 0.197. The number of halogens is 1. The molecule has 192 valence electrons. The Kier molecular flexibility index (Phi) is 6.69. The molecule has 0 radical (unpaired) electrons. The van der Waals surface area contributed by atoms with Crippen molar-refractivity contribution in [1.29, 1.82) is 0 Å². The van der Waals surface area contributed by atoms with Crippen LogP contribution in [0, 0.1) is 0 Å². The molecule has 4 aromatic rings. The molecule has 0 bridgehead atoms. The highest BCUT2D eigenvalue weighted by Crippen LogP contribution is 2.34. The van der Waals surface area contributed by atoms with E-state index < -0.39 is 0 Å². The predicted octanol–water partition coefficient (Wildman–Crippen LogP) is 4.76. The predicted molar refractivity (Wildman–Crippen MR) is 146 cm³/mol. The number of nitrogens with one attached hydrogen (secondary N) is 1. The lowest BCUT2D eigenvalue weighted by atomic mass is 10.0. The minimum atomic E-state index is -0.324. The number of pyridine rings is 1. The van der Waals surface area contributed by atoms with Crippen LogP contribution in [0.25, 0.3) is 10.9 Å². The van der Waals surface area contributed by atoms with Crippen LogP contribution in [-0.2, 0) is 6.42 Å². The van der Waals surface area contributed by atoms with Gasteiger partial charge in [-0.3, -0.25) is 9.69 Å². The molecule has 9 heteroatoms. The first-order chi connectivity index (χ1) is 18.1. The minimum absolute atomic E-state index is 0.0833. The Morgan fingerprint density at radius 3 is 2.62 bits per heavy atom. The Labute approximate surface area is 221 Å². The summed E-state index contributed by atoms with van der Waals surface area (Å²) in [5.41, 5.74) is 3.83. The normalized spacial score (nSPS) is 18.1. The van der Waals surface area contributed by atoms with Crippen molar-refractivity contribution in [2.45, 2.75) is 51.1 Å². The summed E-state index contributed by atoms with van der Waals surface area (Å²) in [6.45, 7) is 5.36. The van der Waals surface area contributed by atoms with Gasteiger partial charge in [-0.2, -0.15) is 0 Å². The summed E-state index contributed by atoms with van der Waals surface area (Å²) in [6, 6.07) is 16.2. The molecule has 2 aromatic carbocycles. The van der Waals surface area contributed by atoms with Gasteiger partial charge in [0.2, 0.25) is 0 Å². The van der Waals surface area contributed by atoms with Crippen LogP contribution in [0.15, 0.2) is 53.3 Å². The van der Waals surface area contributed by atoms with E-state index >= 15 is 0 Å². The number of tetrazole rings is 1. The van der Waals surface area contributed by atoms with Crippen LogP contribution in [0.2, 0.25) is 5.02 Å². The number of hydrogen-bond donors (Lipinski definition) is 1. The minimum Gasteiger partial charge on any atom is -0.369 e. The molecule has 0 spiro atoms. The summed E-state index contributed by atoms with van der Waals surface area (Å²) in [4.78, 5) is 21.4. The number of piperazine rings is 1. The fraction of sp³-hybridized carbons (Fsp3) is 0.429. The van der Waals surface area contributed by atoms with Gasteiger partial charge in [-0.1, -0.05) is 43.5 Å². The summed E-state index contributed by atoms with van der Waals surface area (Å²) in [7, 11) is 0. The first-order valence-corrected chi connectivity index (χ1v) is 13.7. The third-order valence-electron chi connectivity index (χ3n) is 7.93. The van der Waals surface area contributed by atoms with E-state index in [0.29, 0.717) is 5.56 Å². The molecular weight excluding hydrogens is 486 g/mol. The van der Waals surface area contributed by atoms with Crippen molar-refractivity contribution in [1.82, 2.24) is 30.1 Å². The fourth-order valence-corrected chi connectivity index (χ4v) is 6.08. The van der Waals surface area contributed by atoms with Crippen LogP contribution in [0.4, 0.5) is 5.69 Å². The van der Waals surface area contributed by atoms with E-state index in [-0.39, 0.29) is 17.6 Å². The first kappa shape index (κ1) is 24.1. The average molecular weight is 518 g/mol. The van der Waals surface area contributed by atoms with Crippen molar-refractivity contribution in [3.8, 4) is 0 Å². The van der Waals surface area contributed by atoms with E-state index in [2.05, 4.69) is 61.5 Å². The van der Waals surface area contributed by atoms with E-state index in [4.69, 9.17) is 11.6 Å². The zero-order valence-electron chi connectivity index (χ0n) is 21.1. The number of benzene rings is 2. The second-order valence-electron chi connectivity index (χ2n) is 10.2. The van der Waals surface area contributed by atoms with E-state index in [1.165, 1.54) is 18.4 Å². The van der Waals surface area contributed by atoms with E-state index in [9.17, 15) is 4.79 Å². The second kappa shape index (κ2) is 10.3. The number of H-pyrrole nitrogens is 1. The number of aromatic amines is 1. The van der Waals surface area contributed by atoms with Gasteiger partial charge in [0.05, 0.1) is 6.04 Å². The Hall–Kier alpha value is -3.23. The van der Waals surface area contributed by atoms with Crippen LogP contribution >= 0.6 is 11.6 Å². The van der Waals surface area contributed by atoms with Gasteiger partial charge in [0, 0.05) is 48.0 Å². The molecule has 0 amide bonds. The quantitative estimate of drug-likeness (QED) is 0.397. The molecule has 1 aliphatic heterocycles. The van der Waals surface area contributed by atoms with Gasteiger partial charge in [-0.25, -0.2) is 4.68 Å². The molecular formula is C28H32ClN7O. The fourth-order valence-electron chi connectivity index (χ4n) is 5.90. The molecule has 3 heterocycles. The van der Waals surface area contributed by atoms with E-state index in [1.807, 2.05) is 28.9 Å². The molecule has 8 nitrogen and oxygen atoms in total. The highest BCUT2D eigenvalue weighted by atomic mass is 35.5. The van der Waals surface area contributed by atoms with Crippen LogP contribution in [0.5, 0.6) is 0 Å². The molecule has 2 aromatic heterocycles. The van der Waals surface area contributed by atoms with Gasteiger partial charge >= 0.3 is 0 Å². The Morgan fingerprint density at radius 1 is 1.05 bits per heavy atom. The Balaban J connectivity index is 1.39. The maximum Gasteiger partial charge on any atom is 0.253 e. The molecule has 1 saturated carbocycles. The molecule has 6 rings (SSSR count). The van der Waals surface area contributed by atoms with Gasteiger partial charge in [0.1, 0.15) is 6.04 Å². The summed E-state index contributed by atoms with van der Waals surface area (Å²) < 4.78 is 1.99. The Bertz CT molecular complexity index is 1450. The number of aromatic nitrogens is 5. The van der Waals surface area contributed by atoms with Crippen molar-refractivity contribution in [2.75, 3.05) is 31.1 Å². The van der Waals surface area contributed by atoms with Crippen LogP contribution in [0.1, 0.15) is 61.6 Å². The number of aryl methyl sites for hydroxylation is 1. The highest BCUT2D eigenvalue weighted by molar-refractivity contribution is 6.30. The number of nitrogens with zero attached hydrogens (tertiary/aromatic N) is 6. The summed E-state index contributed by atoms with van der Waals surface area (Å²) in [6.07, 6.45) is 5.45. The van der Waals surface area contributed by atoms with Crippen LogP contribution in [0.3, 0.4) is 0 Å². The average Bonchev–Trinajstić information content (AvgIpc) is 3.62. The first-order valence-electron chi connectivity index (χ1n) is 13.3. The molecule has 1 N–H and O–H groups in total. The van der Waals surface area contributed by atoms with Crippen LogP contribution in [-0.4, -0.2) is 56.3 Å². The molecule has 37 heavy (non-hydrogen) atoms. The zero-order chi connectivity index (χ0) is 25.4. The monoisotopic (exact) mass is 517 g/mol. The van der Waals surface area contributed by atoms with Gasteiger partial charge in [-0.15, -0.1) is 5.10 Å². The van der Waals surface area contributed by atoms with Gasteiger partial charge < -0.3 is 9.88 Å². The largest absolute Gasteiger partial charge is 0.369 e. The topological polar surface area (TPSA) is 82.9 Å². The molecule has 1 atom stereocenters. The molecule has 2 aliphatic rings. The van der Waals surface area contributed by atoms with Crippen molar-refractivity contribution in [2.24, 2.45) is 0 Å². The highest BCUT2D eigenvalue weighted by Gasteiger charge is 2.34. The van der Waals surface area contributed by atoms with Crippen LogP contribution < -0.4 is 10.5 Å². The van der Waals surface area contributed by atoms with E-state index in [0.717, 1.165) is 72.9 Å². The number of hydrogen-bond acceptors (Lipinski definition) is 6. The lowest BCUT2D eigenvalue weighted by Gasteiger charge is -2.39. The van der Waals surface area contributed by atoms with Gasteiger partial charge in [0.15, 0.2) is 5.82 Å². The summed E-state index contributed by atoms with van der Waals surface area (Å²) >= 11 is 6.26. The SMILES string of the molecule is CCc1ccc2[nH]c(=O)c([C@@H](c3nnnn3C3CCCC3)N3CCN(c4cccc(Cl)c4)CC3)cc2c1. The summed E-state index contributed by atoms with van der Waals surface area (Å²) in [5, 5.41) is 14.8. The van der Waals surface area contributed by atoms with Crippen molar-refractivity contribution in [3.63, 3.8) is 0 Å². The number of anilines is 1. The lowest BCUT2D eigenvalue weighted by Crippen LogP contribution is -2.49. The third kappa shape index (κ3) is 4.76. The van der Waals surface area contributed by atoms with Crippen molar-refractivity contribution >= 4 is 28.2 Å². The van der Waals surface area contributed by atoms with E-state index in [1.54, 1.807) is 0 Å². The Morgan fingerprint density at radius 2 is 1.86 bits per heavy atom.